The van der Waals surface area contributed by atoms with Gasteiger partial charge in [0.25, 0.3) is 11.7 Å². The topological polar surface area (TPSA) is 183 Å². The molecule has 6 N–H and O–H groups in total. The zero-order valence-corrected chi connectivity index (χ0v) is 21.3. The third-order valence-corrected chi connectivity index (χ3v) is 6.39. The molecule has 212 valence electrons. The Balaban J connectivity index is 1.15. The Kier molecular flexibility index (Phi) is 7.99. The fraction of sp³-hybridized carbons (Fsp3) is 0.375. The summed E-state index contributed by atoms with van der Waals surface area (Å²) in [4.78, 5) is 29.2. The SMILES string of the molecule is Nc1nc(NCCN2CCN(c3cc(C(=O)NC[C@H](O)CO)c(F)cc3F)CC2)nc2nc(-c3ccco3)nn12. The molecule has 40 heavy (non-hydrogen) atoms. The normalized spacial score (nSPS) is 14.9. The molecule has 0 spiro atoms. The maximum absolute atomic E-state index is 14.6. The number of hydrogen-bond acceptors (Lipinski definition) is 12. The van der Waals surface area contributed by atoms with E-state index in [-0.39, 0.29) is 29.5 Å². The van der Waals surface area contributed by atoms with Gasteiger partial charge in [0.2, 0.25) is 17.7 Å². The van der Waals surface area contributed by atoms with Crippen LogP contribution >= 0.6 is 0 Å². The van der Waals surface area contributed by atoms with Crippen molar-refractivity contribution in [1.29, 1.82) is 0 Å². The summed E-state index contributed by atoms with van der Waals surface area (Å²) >= 11 is 0. The van der Waals surface area contributed by atoms with Crippen LogP contribution in [-0.4, -0.2) is 104 Å². The van der Waals surface area contributed by atoms with E-state index >= 15 is 0 Å². The number of nitrogen functional groups attached to an aromatic ring is 1. The number of aliphatic hydroxyl groups excluding tert-OH is 2. The molecule has 0 aliphatic carbocycles. The number of amides is 1. The highest BCUT2D eigenvalue weighted by molar-refractivity contribution is 5.95. The quantitative estimate of drug-likeness (QED) is 0.175. The first-order chi connectivity index (χ1) is 19.3. The molecule has 0 radical (unpaired) electrons. The number of fused-ring (bicyclic) bond motifs is 1. The van der Waals surface area contributed by atoms with E-state index < -0.39 is 30.3 Å². The van der Waals surface area contributed by atoms with Crippen molar-refractivity contribution >= 4 is 29.3 Å². The van der Waals surface area contributed by atoms with Crippen LogP contribution in [0.3, 0.4) is 0 Å². The third-order valence-electron chi connectivity index (χ3n) is 6.39. The fourth-order valence-electron chi connectivity index (χ4n) is 4.26. The molecule has 5 rings (SSSR count). The first-order valence-electron chi connectivity index (χ1n) is 12.5. The van der Waals surface area contributed by atoms with Gasteiger partial charge in [0, 0.05) is 51.9 Å². The standard InChI is InChI=1S/C24H28F2N10O4/c25-16-11-17(26)18(10-15(16)21(39)29-12-14(38)13-37)35-7-5-34(6-8-35)4-3-28-23-31-22(27)36-24(32-23)30-20(33-36)19-2-1-9-40-19/h1-2,9-11,14,37-38H,3-8,12-13H2,(H,29,39)(H3,27,28,30,31,32,33)/t14-/m0/s1. The Labute approximate surface area is 226 Å². The van der Waals surface area contributed by atoms with Crippen molar-refractivity contribution in [3.05, 3.63) is 47.7 Å². The van der Waals surface area contributed by atoms with Crippen LogP contribution in [0.4, 0.5) is 26.4 Å². The van der Waals surface area contributed by atoms with Gasteiger partial charge >= 0.3 is 0 Å². The number of nitrogens with zero attached hydrogens (tertiary/aromatic N) is 7. The maximum Gasteiger partial charge on any atom is 0.259 e. The smallest absolute Gasteiger partial charge is 0.259 e. The maximum atomic E-state index is 14.6. The Morgan fingerprint density at radius 1 is 1.15 bits per heavy atom. The monoisotopic (exact) mass is 558 g/mol. The number of aliphatic hydroxyl groups is 2. The lowest BCUT2D eigenvalue weighted by Gasteiger charge is -2.36. The molecule has 14 nitrogen and oxygen atoms in total. The average molecular weight is 559 g/mol. The van der Waals surface area contributed by atoms with Gasteiger partial charge in [-0.15, -0.1) is 5.10 Å². The minimum Gasteiger partial charge on any atom is -0.461 e. The molecule has 1 atom stereocenters. The van der Waals surface area contributed by atoms with Gasteiger partial charge in [-0.2, -0.15) is 19.5 Å². The van der Waals surface area contributed by atoms with Crippen LogP contribution in [0, 0.1) is 11.6 Å². The number of hydrogen-bond donors (Lipinski definition) is 5. The van der Waals surface area contributed by atoms with E-state index in [4.69, 9.17) is 15.3 Å². The van der Waals surface area contributed by atoms with E-state index in [1.807, 2.05) is 0 Å². The van der Waals surface area contributed by atoms with Crippen molar-refractivity contribution in [1.82, 2.24) is 34.8 Å². The highest BCUT2D eigenvalue weighted by atomic mass is 19.1. The summed E-state index contributed by atoms with van der Waals surface area (Å²) in [5.41, 5.74) is 5.80. The number of halogens is 2. The number of furan rings is 1. The zero-order chi connectivity index (χ0) is 28.2. The van der Waals surface area contributed by atoms with E-state index in [9.17, 15) is 18.7 Å². The van der Waals surface area contributed by atoms with Crippen molar-refractivity contribution in [2.75, 3.05) is 68.4 Å². The largest absolute Gasteiger partial charge is 0.461 e. The summed E-state index contributed by atoms with van der Waals surface area (Å²) in [6, 6.07) is 5.30. The van der Waals surface area contributed by atoms with E-state index in [1.54, 1.807) is 17.0 Å². The summed E-state index contributed by atoms with van der Waals surface area (Å²) in [5, 5.41) is 28.0. The van der Waals surface area contributed by atoms with Gasteiger partial charge in [-0.05, 0) is 18.2 Å². The first-order valence-corrected chi connectivity index (χ1v) is 12.5. The molecule has 0 unspecified atom stereocenters. The Morgan fingerprint density at radius 3 is 2.67 bits per heavy atom. The van der Waals surface area contributed by atoms with Crippen LogP contribution in [-0.2, 0) is 0 Å². The van der Waals surface area contributed by atoms with Crippen LogP contribution in [0.15, 0.2) is 34.9 Å². The molecule has 16 heteroatoms. The Hall–Kier alpha value is -4.41. The molecule has 0 bridgehead atoms. The number of piperazine rings is 1. The van der Waals surface area contributed by atoms with Crippen LogP contribution in [0.1, 0.15) is 10.4 Å². The lowest BCUT2D eigenvalue weighted by molar-refractivity contribution is 0.0799. The van der Waals surface area contributed by atoms with Gasteiger partial charge in [-0.25, -0.2) is 8.78 Å². The third kappa shape index (κ3) is 5.93. The van der Waals surface area contributed by atoms with Gasteiger partial charge < -0.3 is 35.9 Å². The molecule has 1 saturated heterocycles. The van der Waals surface area contributed by atoms with Crippen molar-refractivity contribution in [2.24, 2.45) is 0 Å². The van der Waals surface area contributed by atoms with Crippen molar-refractivity contribution < 1.29 is 28.2 Å². The number of nitrogens with two attached hydrogens (primary N) is 1. The molecule has 0 saturated carbocycles. The molecule has 1 aliphatic rings. The second kappa shape index (κ2) is 11.8. The van der Waals surface area contributed by atoms with E-state index in [0.717, 1.165) is 0 Å². The molecule has 1 aliphatic heterocycles. The summed E-state index contributed by atoms with van der Waals surface area (Å²) in [7, 11) is 0. The van der Waals surface area contributed by atoms with Gasteiger partial charge in [-0.3, -0.25) is 9.69 Å². The minimum atomic E-state index is -1.18. The summed E-state index contributed by atoms with van der Waals surface area (Å²) in [5.74, 6) is -1.07. The second-order valence-corrected chi connectivity index (χ2v) is 9.12. The Morgan fingerprint density at radius 2 is 1.95 bits per heavy atom. The zero-order valence-electron chi connectivity index (χ0n) is 21.3. The number of nitrogens with one attached hydrogen (secondary N) is 2. The summed E-state index contributed by atoms with van der Waals surface area (Å²) < 4.78 is 35.5. The lowest BCUT2D eigenvalue weighted by atomic mass is 10.1. The van der Waals surface area contributed by atoms with Crippen molar-refractivity contribution in [3.8, 4) is 11.6 Å². The molecule has 3 aromatic heterocycles. The molecular formula is C24H28F2N10O4. The van der Waals surface area contributed by atoms with Crippen LogP contribution in [0.5, 0.6) is 0 Å². The summed E-state index contributed by atoms with van der Waals surface area (Å²) in [6.07, 6.45) is 0.341. The molecular weight excluding hydrogens is 530 g/mol. The van der Waals surface area contributed by atoms with Crippen LogP contribution in [0.25, 0.3) is 17.4 Å². The number of carbonyl (C=O) groups excluding carboxylic acids is 1. The summed E-state index contributed by atoms with van der Waals surface area (Å²) in [6.45, 7) is 2.44. The predicted molar refractivity (Wildman–Crippen MR) is 140 cm³/mol. The van der Waals surface area contributed by atoms with Gasteiger partial charge in [-0.1, -0.05) is 0 Å². The van der Waals surface area contributed by atoms with Crippen molar-refractivity contribution in [3.63, 3.8) is 0 Å². The van der Waals surface area contributed by atoms with E-state index in [0.29, 0.717) is 62.9 Å². The highest BCUT2D eigenvalue weighted by Crippen LogP contribution is 2.25. The molecule has 1 aromatic carbocycles. The lowest BCUT2D eigenvalue weighted by Crippen LogP contribution is -2.48. The first kappa shape index (κ1) is 27.2. The van der Waals surface area contributed by atoms with E-state index in [1.165, 1.54) is 16.8 Å². The second-order valence-electron chi connectivity index (χ2n) is 9.12. The molecule has 1 fully saturated rings. The molecule has 1 amide bonds. The van der Waals surface area contributed by atoms with Crippen LogP contribution < -0.4 is 21.3 Å². The average Bonchev–Trinajstić information content (AvgIpc) is 3.63. The minimum absolute atomic E-state index is 0.116. The molecule has 4 aromatic rings. The fourth-order valence-corrected chi connectivity index (χ4v) is 4.26. The highest BCUT2D eigenvalue weighted by Gasteiger charge is 2.23. The molecule has 4 heterocycles. The number of carbonyl (C=O) groups is 1. The van der Waals surface area contributed by atoms with Crippen LogP contribution in [0.2, 0.25) is 0 Å². The van der Waals surface area contributed by atoms with Crippen molar-refractivity contribution in [2.45, 2.75) is 6.10 Å². The van der Waals surface area contributed by atoms with Gasteiger partial charge in [0.15, 0.2) is 5.76 Å². The number of aromatic nitrogens is 5. The van der Waals surface area contributed by atoms with Gasteiger partial charge in [0.05, 0.1) is 30.2 Å². The number of anilines is 3. The van der Waals surface area contributed by atoms with Gasteiger partial charge in [0.1, 0.15) is 11.6 Å². The predicted octanol–water partition coefficient (Wildman–Crippen LogP) is -0.0432. The van der Waals surface area contributed by atoms with E-state index in [2.05, 4.69) is 35.6 Å². The number of benzene rings is 1. The Bertz CT molecular complexity index is 1470. The number of rotatable bonds is 10.